The number of nitrogens with zero attached hydrogens (tertiary/aromatic N) is 1. The van der Waals surface area contributed by atoms with Crippen LogP contribution in [-0.4, -0.2) is 32.3 Å². The van der Waals surface area contributed by atoms with Crippen LogP contribution in [0.4, 0.5) is 5.69 Å². The Morgan fingerprint density at radius 2 is 1.85 bits per heavy atom. The third-order valence-corrected chi connectivity index (χ3v) is 5.22. The highest BCUT2D eigenvalue weighted by atomic mass is 16.5. The van der Waals surface area contributed by atoms with E-state index in [-0.39, 0.29) is 0 Å². The first kappa shape index (κ1) is 16.8. The number of nitrogens with two attached hydrogens (primary N) is 1. The van der Waals surface area contributed by atoms with Crippen molar-refractivity contribution < 1.29 is 9.47 Å². The summed E-state index contributed by atoms with van der Waals surface area (Å²) < 4.78 is 10.8. The van der Waals surface area contributed by atoms with Crippen molar-refractivity contribution in [2.24, 2.45) is 5.73 Å². The molecule has 3 N–H and O–H groups in total. The number of H-pyrrole nitrogens is 1. The maximum atomic E-state index is 5.89. The number of benzene rings is 2. The minimum absolute atomic E-state index is 0.630. The summed E-state index contributed by atoms with van der Waals surface area (Å²) in [6.07, 6.45) is 1.90. The number of hydrogen-bond acceptors (Lipinski definition) is 4. The predicted octanol–water partition coefficient (Wildman–Crippen LogP) is 3.25. The molecule has 0 saturated heterocycles. The predicted molar refractivity (Wildman–Crippen MR) is 105 cm³/mol. The van der Waals surface area contributed by atoms with Crippen LogP contribution in [0.3, 0.4) is 0 Å². The summed E-state index contributed by atoms with van der Waals surface area (Å²) in [6, 6.07) is 12.5. The van der Waals surface area contributed by atoms with E-state index in [4.69, 9.17) is 15.2 Å². The zero-order chi connectivity index (χ0) is 18.1. The van der Waals surface area contributed by atoms with Gasteiger partial charge in [0.05, 0.1) is 20.8 Å². The maximum Gasteiger partial charge on any atom is 0.119 e. The fourth-order valence-corrected chi connectivity index (χ4v) is 3.90. The number of methoxy groups -OCH3 is 2. The van der Waals surface area contributed by atoms with Crippen molar-refractivity contribution >= 4 is 16.6 Å². The number of rotatable bonds is 6. The van der Waals surface area contributed by atoms with Crippen molar-refractivity contribution in [3.8, 4) is 11.5 Å². The minimum Gasteiger partial charge on any atom is -0.497 e. The summed E-state index contributed by atoms with van der Waals surface area (Å²) in [7, 11) is 3.42. The Bertz CT molecular complexity index is 932. The van der Waals surface area contributed by atoms with Crippen molar-refractivity contribution in [2.45, 2.75) is 19.4 Å². The van der Waals surface area contributed by atoms with Gasteiger partial charge in [-0.3, -0.25) is 0 Å². The van der Waals surface area contributed by atoms with E-state index in [1.165, 1.54) is 27.9 Å². The molecule has 0 amide bonds. The van der Waals surface area contributed by atoms with Gasteiger partial charge >= 0.3 is 0 Å². The molecule has 4 rings (SSSR count). The summed E-state index contributed by atoms with van der Waals surface area (Å²) in [5.74, 6) is 1.80. The molecule has 0 atom stereocenters. The van der Waals surface area contributed by atoms with Gasteiger partial charge in [0, 0.05) is 28.8 Å². The molecule has 5 nitrogen and oxygen atoms in total. The highest BCUT2D eigenvalue weighted by Gasteiger charge is 2.22. The molecule has 1 aromatic heterocycles. The largest absolute Gasteiger partial charge is 0.497 e. The summed E-state index contributed by atoms with van der Waals surface area (Å²) in [4.78, 5) is 6.03. The molecule has 2 heterocycles. The fraction of sp³-hybridized carbons (Fsp3) is 0.333. The molecule has 26 heavy (non-hydrogen) atoms. The Labute approximate surface area is 153 Å². The Balaban J connectivity index is 1.69. The molecule has 136 valence electrons. The van der Waals surface area contributed by atoms with Gasteiger partial charge < -0.3 is 25.1 Å². The Morgan fingerprint density at radius 3 is 2.62 bits per heavy atom. The van der Waals surface area contributed by atoms with E-state index in [0.29, 0.717) is 6.54 Å². The van der Waals surface area contributed by atoms with E-state index in [2.05, 4.69) is 34.1 Å². The zero-order valence-electron chi connectivity index (χ0n) is 15.3. The first-order valence-electron chi connectivity index (χ1n) is 9.03. The van der Waals surface area contributed by atoms with Gasteiger partial charge in [-0.05, 0) is 66.9 Å². The lowest BCUT2D eigenvalue weighted by atomic mass is 10.1. The first-order valence-corrected chi connectivity index (χ1v) is 9.03. The molecular weight excluding hydrogens is 326 g/mol. The smallest absolute Gasteiger partial charge is 0.119 e. The lowest BCUT2D eigenvalue weighted by Gasteiger charge is -2.20. The lowest BCUT2D eigenvalue weighted by molar-refractivity contribution is 0.414. The van der Waals surface area contributed by atoms with E-state index in [1.54, 1.807) is 14.2 Å². The maximum absolute atomic E-state index is 5.89. The van der Waals surface area contributed by atoms with Crippen LogP contribution in [0.1, 0.15) is 16.8 Å². The van der Waals surface area contributed by atoms with Gasteiger partial charge in [-0.2, -0.15) is 0 Å². The van der Waals surface area contributed by atoms with Crippen LogP contribution < -0.4 is 20.1 Å². The van der Waals surface area contributed by atoms with Crippen molar-refractivity contribution in [3.05, 3.63) is 53.2 Å². The molecular formula is C21H25N3O2. The van der Waals surface area contributed by atoms with Gasteiger partial charge in [0.2, 0.25) is 0 Å². The van der Waals surface area contributed by atoms with Gasteiger partial charge in [-0.25, -0.2) is 0 Å². The fourth-order valence-electron chi connectivity index (χ4n) is 3.90. The monoisotopic (exact) mass is 351 g/mol. The normalized spacial score (nSPS) is 13.3. The molecule has 0 saturated carbocycles. The SMILES string of the molecule is COc1ccc2c(c1)CCN2Cc1[nH]c2ccc(OC)cc2c1CCN. The number of nitrogens with one attached hydrogen (secondary N) is 1. The van der Waals surface area contributed by atoms with Gasteiger partial charge in [-0.15, -0.1) is 0 Å². The highest BCUT2D eigenvalue weighted by molar-refractivity contribution is 5.86. The summed E-state index contributed by atoms with van der Waals surface area (Å²) in [6.45, 7) is 2.50. The van der Waals surface area contributed by atoms with Gasteiger partial charge in [-0.1, -0.05) is 0 Å². The molecule has 0 fully saturated rings. The number of ether oxygens (including phenoxy) is 2. The van der Waals surface area contributed by atoms with E-state index < -0.39 is 0 Å². The van der Waals surface area contributed by atoms with E-state index in [1.807, 2.05) is 12.1 Å². The molecule has 5 heteroatoms. The standard InChI is InChI=1S/C21H25N3O2/c1-25-15-4-6-21-14(11-15)8-10-24(21)13-20-17(7-9-22)18-12-16(26-2)3-5-19(18)23-20/h3-6,11-12,23H,7-10,13,22H2,1-2H3. The van der Waals surface area contributed by atoms with Crippen molar-refractivity contribution in [1.82, 2.24) is 4.98 Å². The van der Waals surface area contributed by atoms with Crippen LogP contribution in [0, 0.1) is 0 Å². The Morgan fingerprint density at radius 1 is 1.08 bits per heavy atom. The van der Waals surface area contributed by atoms with Crippen LogP contribution in [0.25, 0.3) is 10.9 Å². The van der Waals surface area contributed by atoms with Crippen LogP contribution in [0.5, 0.6) is 11.5 Å². The van der Waals surface area contributed by atoms with Gasteiger partial charge in [0.1, 0.15) is 11.5 Å². The van der Waals surface area contributed by atoms with Gasteiger partial charge in [0.15, 0.2) is 0 Å². The first-order chi connectivity index (χ1) is 12.7. The second kappa shape index (κ2) is 6.92. The minimum atomic E-state index is 0.630. The van der Waals surface area contributed by atoms with Gasteiger partial charge in [0.25, 0.3) is 0 Å². The topological polar surface area (TPSA) is 63.5 Å². The molecule has 1 aliphatic heterocycles. The number of fused-ring (bicyclic) bond motifs is 2. The molecule has 0 unspecified atom stereocenters. The number of anilines is 1. The van der Waals surface area contributed by atoms with Crippen LogP contribution in [-0.2, 0) is 19.4 Å². The van der Waals surface area contributed by atoms with Crippen molar-refractivity contribution in [3.63, 3.8) is 0 Å². The molecule has 0 aliphatic carbocycles. The van der Waals surface area contributed by atoms with E-state index >= 15 is 0 Å². The second-order valence-electron chi connectivity index (χ2n) is 6.70. The quantitative estimate of drug-likeness (QED) is 0.716. The highest BCUT2D eigenvalue weighted by Crippen LogP contribution is 2.34. The Kier molecular flexibility index (Phi) is 4.47. The molecule has 1 aliphatic rings. The summed E-state index contributed by atoms with van der Waals surface area (Å²) in [5, 5.41) is 1.21. The Hall–Kier alpha value is -2.66. The van der Waals surface area contributed by atoms with Crippen LogP contribution in [0.2, 0.25) is 0 Å². The number of hydrogen-bond donors (Lipinski definition) is 2. The molecule has 0 bridgehead atoms. The number of aromatic nitrogens is 1. The van der Waals surface area contributed by atoms with E-state index in [9.17, 15) is 0 Å². The van der Waals surface area contributed by atoms with Crippen molar-refractivity contribution in [2.75, 3.05) is 32.2 Å². The lowest BCUT2D eigenvalue weighted by Crippen LogP contribution is -2.21. The van der Waals surface area contributed by atoms with Crippen LogP contribution in [0.15, 0.2) is 36.4 Å². The zero-order valence-corrected chi connectivity index (χ0v) is 15.3. The molecule has 0 spiro atoms. The van der Waals surface area contributed by atoms with E-state index in [0.717, 1.165) is 42.9 Å². The molecule has 2 aromatic carbocycles. The average molecular weight is 351 g/mol. The summed E-state index contributed by atoms with van der Waals surface area (Å²) in [5.41, 5.74) is 12.2. The molecule has 0 radical (unpaired) electrons. The number of aromatic amines is 1. The van der Waals surface area contributed by atoms with Crippen molar-refractivity contribution in [1.29, 1.82) is 0 Å². The third-order valence-electron chi connectivity index (χ3n) is 5.22. The third kappa shape index (κ3) is 2.88. The summed E-state index contributed by atoms with van der Waals surface area (Å²) >= 11 is 0. The average Bonchev–Trinajstić information content (AvgIpc) is 3.23. The van der Waals surface area contributed by atoms with Crippen LogP contribution >= 0.6 is 0 Å². The second-order valence-corrected chi connectivity index (χ2v) is 6.70. The molecule has 3 aromatic rings.